The molecule has 170 valence electrons. The number of carbonyl (C=O) groups excluding carboxylic acids is 4. The second-order valence-electron chi connectivity index (χ2n) is 9.05. The number of rotatable bonds is 4. The zero-order chi connectivity index (χ0) is 23.1. The molecular weight excluding hydrogens is 420 g/mol. The first-order valence-corrected chi connectivity index (χ1v) is 11.2. The van der Waals surface area contributed by atoms with Gasteiger partial charge in [-0.15, -0.1) is 0 Å². The number of amides is 4. The van der Waals surface area contributed by atoms with E-state index in [9.17, 15) is 19.2 Å². The highest BCUT2D eigenvalue weighted by molar-refractivity contribution is 6.05. The summed E-state index contributed by atoms with van der Waals surface area (Å²) in [4.78, 5) is 52.9. The molecule has 1 atom stereocenters. The summed E-state index contributed by atoms with van der Waals surface area (Å²) in [5.41, 5.74) is 5.42. The smallest absolute Gasteiger partial charge is 0.255 e. The average molecular weight is 447 g/mol. The lowest BCUT2D eigenvalue weighted by Gasteiger charge is -2.29. The summed E-state index contributed by atoms with van der Waals surface area (Å²) in [6.07, 6.45) is 1.56. The fraction of sp³-hybridized carbons (Fsp3) is 0.360. The van der Waals surface area contributed by atoms with E-state index >= 15 is 0 Å². The molecule has 1 unspecified atom stereocenters. The summed E-state index contributed by atoms with van der Waals surface area (Å²) >= 11 is 0. The minimum absolute atomic E-state index is 0.132. The number of benzene rings is 2. The fourth-order valence-electron chi connectivity index (χ4n) is 4.86. The molecule has 0 aromatic heterocycles. The van der Waals surface area contributed by atoms with E-state index < -0.39 is 11.9 Å². The van der Waals surface area contributed by atoms with Gasteiger partial charge < -0.3 is 15.1 Å². The predicted octanol–water partition coefficient (Wildman–Crippen LogP) is 1.37. The van der Waals surface area contributed by atoms with E-state index in [4.69, 9.17) is 0 Å². The fourth-order valence-corrected chi connectivity index (χ4v) is 4.86. The van der Waals surface area contributed by atoms with Gasteiger partial charge in [0.05, 0.1) is 0 Å². The maximum atomic E-state index is 12.8. The van der Waals surface area contributed by atoms with E-state index in [2.05, 4.69) is 22.6 Å². The maximum absolute atomic E-state index is 12.8. The van der Waals surface area contributed by atoms with Crippen molar-refractivity contribution < 1.29 is 19.2 Å². The summed E-state index contributed by atoms with van der Waals surface area (Å²) in [5.74, 6) is -1.05. The molecule has 8 heteroatoms. The van der Waals surface area contributed by atoms with Crippen molar-refractivity contribution in [3.63, 3.8) is 0 Å². The Balaban J connectivity index is 1.25. The van der Waals surface area contributed by atoms with Crippen LogP contribution in [0.2, 0.25) is 0 Å². The molecule has 0 radical (unpaired) electrons. The molecule has 3 aliphatic rings. The third-order valence-corrected chi connectivity index (χ3v) is 6.71. The molecule has 1 fully saturated rings. The predicted molar refractivity (Wildman–Crippen MR) is 120 cm³/mol. The summed E-state index contributed by atoms with van der Waals surface area (Å²) in [5, 5.41) is 5.28. The molecule has 0 saturated carbocycles. The van der Waals surface area contributed by atoms with Crippen molar-refractivity contribution in [3.05, 3.63) is 69.8 Å². The highest BCUT2D eigenvalue weighted by Crippen LogP contribution is 2.28. The second kappa shape index (κ2) is 8.44. The van der Waals surface area contributed by atoms with Crippen LogP contribution in [0.4, 0.5) is 0 Å². The summed E-state index contributed by atoms with van der Waals surface area (Å²) in [7, 11) is 2.08. The molecule has 0 aliphatic carbocycles. The first-order chi connectivity index (χ1) is 15.9. The van der Waals surface area contributed by atoms with Crippen molar-refractivity contribution in [2.24, 2.45) is 0 Å². The van der Waals surface area contributed by atoms with Gasteiger partial charge in [0.25, 0.3) is 11.8 Å². The summed E-state index contributed by atoms with van der Waals surface area (Å²) in [6, 6.07) is 10.7. The molecule has 0 bridgehead atoms. The molecular formula is C25H26N4O4. The standard InChI is InChI=1S/C25H26N4O4/c1-28-9-8-16-3-4-17(11-18(16)13-28)23(31)26-12-15-2-5-20-19(10-15)14-29(25(20)33)21-6-7-22(30)27-24(21)32/h2-5,10-11,21H,6-9,12-14H2,1H3,(H,26,31)(H,27,30,32). The van der Waals surface area contributed by atoms with Crippen LogP contribution < -0.4 is 10.6 Å². The quantitative estimate of drug-likeness (QED) is 0.692. The Morgan fingerprint density at radius 2 is 1.88 bits per heavy atom. The Morgan fingerprint density at radius 1 is 1.03 bits per heavy atom. The number of carbonyl (C=O) groups is 4. The van der Waals surface area contributed by atoms with E-state index in [-0.39, 0.29) is 24.1 Å². The lowest BCUT2D eigenvalue weighted by molar-refractivity contribution is -0.136. The van der Waals surface area contributed by atoms with Crippen LogP contribution >= 0.6 is 0 Å². The number of piperidine rings is 1. The van der Waals surface area contributed by atoms with Gasteiger partial charge in [0.1, 0.15) is 6.04 Å². The zero-order valence-electron chi connectivity index (χ0n) is 18.5. The van der Waals surface area contributed by atoms with Crippen LogP contribution in [0.3, 0.4) is 0 Å². The maximum Gasteiger partial charge on any atom is 0.255 e. The van der Waals surface area contributed by atoms with Crippen molar-refractivity contribution in [3.8, 4) is 0 Å². The Morgan fingerprint density at radius 3 is 2.70 bits per heavy atom. The van der Waals surface area contributed by atoms with E-state index in [0.29, 0.717) is 30.6 Å². The van der Waals surface area contributed by atoms with Gasteiger partial charge in [-0.2, -0.15) is 0 Å². The SMILES string of the molecule is CN1CCc2ccc(C(=O)NCc3ccc4c(c3)CN(C3CCC(=O)NC3=O)C4=O)cc2C1. The molecule has 0 spiro atoms. The van der Waals surface area contributed by atoms with Crippen molar-refractivity contribution in [2.45, 2.75) is 44.9 Å². The lowest BCUT2D eigenvalue weighted by Crippen LogP contribution is -2.52. The largest absolute Gasteiger partial charge is 0.348 e. The van der Waals surface area contributed by atoms with Crippen molar-refractivity contribution in [1.29, 1.82) is 0 Å². The molecule has 2 aromatic carbocycles. The van der Waals surface area contributed by atoms with Gasteiger partial charge in [-0.1, -0.05) is 18.2 Å². The molecule has 3 heterocycles. The monoisotopic (exact) mass is 446 g/mol. The number of hydrogen-bond donors (Lipinski definition) is 2. The Hall–Kier alpha value is -3.52. The average Bonchev–Trinajstić information content (AvgIpc) is 3.12. The van der Waals surface area contributed by atoms with Gasteiger partial charge >= 0.3 is 0 Å². The van der Waals surface area contributed by atoms with Crippen molar-refractivity contribution >= 4 is 23.6 Å². The van der Waals surface area contributed by atoms with Crippen molar-refractivity contribution in [2.75, 3.05) is 13.6 Å². The first kappa shape index (κ1) is 21.3. The van der Waals surface area contributed by atoms with Gasteiger partial charge in [0.15, 0.2) is 0 Å². The Bertz CT molecular complexity index is 1170. The number of nitrogens with zero attached hydrogens (tertiary/aromatic N) is 2. The highest BCUT2D eigenvalue weighted by atomic mass is 16.2. The minimum atomic E-state index is -0.631. The normalized spacial score (nSPS) is 20.3. The van der Waals surface area contributed by atoms with E-state index in [1.807, 2.05) is 30.3 Å². The topological polar surface area (TPSA) is 98.8 Å². The number of fused-ring (bicyclic) bond motifs is 2. The summed E-state index contributed by atoms with van der Waals surface area (Å²) < 4.78 is 0. The first-order valence-electron chi connectivity index (χ1n) is 11.2. The molecule has 1 saturated heterocycles. The Labute approximate surface area is 191 Å². The Kier molecular flexibility index (Phi) is 5.46. The number of likely N-dealkylation sites (N-methyl/N-ethyl adjacent to an activating group) is 1. The van der Waals surface area contributed by atoms with Gasteiger partial charge in [-0.25, -0.2) is 0 Å². The van der Waals surface area contributed by atoms with Crippen LogP contribution in [0.15, 0.2) is 36.4 Å². The highest BCUT2D eigenvalue weighted by Gasteiger charge is 2.39. The van der Waals surface area contributed by atoms with E-state index in [0.717, 1.165) is 30.6 Å². The van der Waals surface area contributed by atoms with Crippen molar-refractivity contribution in [1.82, 2.24) is 20.4 Å². The number of imide groups is 1. The third kappa shape index (κ3) is 4.14. The molecule has 8 nitrogen and oxygen atoms in total. The van der Waals surface area contributed by atoms with E-state index in [1.54, 1.807) is 6.07 Å². The molecule has 3 aliphatic heterocycles. The van der Waals surface area contributed by atoms with Crippen LogP contribution in [0.1, 0.15) is 55.8 Å². The lowest BCUT2D eigenvalue weighted by atomic mass is 9.97. The number of nitrogens with one attached hydrogen (secondary N) is 2. The van der Waals surface area contributed by atoms with Crippen LogP contribution in [0, 0.1) is 0 Å². The van der Waals surface area contributed by atoms with Gasteiger partial charge in [0, 0.05) is 43.7 Å². The van der Waals surface area contributed by atoms with Gasteiger partial charge in [-0.05, 0) is 60.3 Å². The van der Waals surface area contributed by atoms with Crippen LogP contribution in [-0.4, -0.2) is 53.1 Å². The van der Waals surface area contributed by atoms with Crippen LogP contribution in [-0.2, 0) is 35.6 Å². The van der Waals surface area contributed by atoms with Gasteiger partial charge in [-0.3, -0.25) is 24.5 Å². The summed E-state index contributed by atoms with van der Waals surface area (Å²) in [6.45, 7) is 2.54. The minimum Gasteiger partial charge on any atom is -0.348 e. The molecule has 33 heavy (non-hydrogen) atoms. The number of hydrogen-bond acceptors (Lipinski definition) is 5. The second-order valence-corrected chi connectivity index (χ2v) is 9.05. The van der Waals surface area contributed by atoms with Crippen LogP contribution in [0.5, 0.6) is 0 Å². The van der Waals surface area contributed by atoms with E-state index in [1.165, 1.54) is 16.0 Å². The molecule has 4 amide bonds. The van der Waals surface area contributed by atoms with Gasteiger partial charge in [0.2, 0.25) is 11.8 Å². The molecule has 5 rings (SSSR count). The molecule has 2 N–H and O–H groups in total. The third-order valence-electron chi connectivity index (χ3n) is 6.71. The van der Waals surface area contributed by atoms with Crippen LogP contribution in [0.25, 0.3) is 0 Å². The molecule has 2 aromatic rings. The zero-order valence-corrected chi connectivity index (χ0v) is 18.5.